The van der Waals surface area contributed by atoms with Crippen LogP contribution < -0.4 is 5.73 Å². The average molecular weight is 228 g/mol. The van der Waals surface area contributed by atoms with Crippen LogP contribution in [0.2, 0.25) is 0 Å². The second kappa shape index (κ2) is 4.18. The lowest BCUT2D eigenvalue weighted by Gasteiger charge is -2.25. The Labute approximate surface area is 101 Å². The molecule has 2 aromatic rings. The largest absolute Gasteiger partial charge is 0.383 e. The van der Waals surface area contributed by atoms with E-state index >= 15 is 0 Å². The molecule has 0 spiro atoms. The maximum Gasteiger partial charge on any atom is 0.129 e. The zero-order valence-electron chi connectivity index (χ0n) is 10.0. The second-order valence-corrected chi connectivity index (χ2v) is 4.38. The molecule has 0 amide bonds. The van der Waals surface area contributed by atoms with Gasteiger partial charge in [0.2, 0.25) is 0 Å². The van der Waals surface area contributed by atoms with Crippen molar-refractivity contribution in [3.05, 3.63) is 59.3 Å². The Morgan fingerprint density at radius 3 is 2.53 bits per heavy atom. The van der Waals surface area contributed by atoms with Crippen molar-refractivity contribution in [3.63, 3.8) is 0 Å². The molecular formula is C14H16N2O. The number of aryl methyl sites for hydroxylation is 1. The number of rotatable bonds is 2. The highest BCUT2D eigenvalue weighted by atomic mass is 16.3. The minimum Gasteiger partial charge on any atom is -0.383 e. The van der Waals surface area contributed by atoms with E-state index in [4.69, 9.17) is 5.73 Å². The molecule has 0 aliphatic carbocycles. The Bertz CT molecular complexity index is 521. The highest BCUT2D eigenvalue weighted by molar-refractivity contribution is 5.49. The molecule has 0 fully saturated rings. The van der Waals surface area contributed by atoms with E-state index in [0.29, 0.717) is 11.4 Å². The molecule has 1 heterocycles. The molecule has 88 valence electrons. The Kier molecular flexibility index (Phi) is 2.86. The molecule has 0 radical (unpaired) electrons. The predicted octanol–water partition coefficient (Wildman–Crippen LogP) is 2.23. The smallest absolute Gasteiger partial charge is 0.129 e. The van der Waals surface area contributed by atoms with Crippen LogP contribution in [0.1, 0.15) is 23.6 Å². The number of hydrogen-bond donors (Lipinski definition) is 2. The first-order chi connectivity index (χ1) is 8.01. The van der Waals surface area contributed by atoms with Gasteiger partial charge in [-0.2, -0.15) is 0 Å². The molecule has 1 unspecified atom stereocenters. The minimum atomic E-state index is -1.12. The molecule has 2 rings (SSSR count). The van der Waals surface area contributed by atoms with Crippen molar-refractivity contribution in [2.75, 3.05) is 5.73 Å². The van der Waals surface area contributed by atoms with Gasteiger partial charge in [-0.25, -0.2) is 4.98 Å². The summed E-state index contributed by atoms with van der Waals surface area (Å²) in [5.74, 6) is 0.365. The van der Waals surface area contributed by atoms with E-state index in [1.807, 2.05) is 43.3 Å². The molecule has 17 heavy (non-hydrogen) atoms. The van der Waals surface area contributed by atoms with Crippen LogP contribution >= 0.6 is 0 Å². The minimum absolute atomic E-state index is 0.365. The van der Waals surface area contributed by atoms with Crippen molar-refractivity contribution >= 4 is 5.82 Å². The number of hydrogen-bond acceptors (Lipinski definition) is 3. The fourth-order valence-corrected chi connectivity index (χ4v) is 1.89. The lowest BCUT2D eigenvalue weighted by molar-refractivity contribution is 0.103. The van der Waals surface area contributed by atoms with Crippen molar-refractivity contribution in [3.8, 4) is 0 Å². The molecule has 0 saturated heterocycles. The van der Waals surface area contributed by atoms with Gasteiger partial charge in [-0.15, -0.1) is 0 Å². The summed E-state index contributed by atoms with van der Waals surface area (Å²) in [7, 11) is 0. The van der Waals surface area contributed by atoms with E-state index in [-0.39, 0.29) is 0 Å². The number of nitrogens with zero attached hydrogens (tertiary/aromatic N) is 1. The van der Waals surface area contributed by atoms with E-state index < -0.39 is 5.60 Å². The van der Waals surface area contributed by atoms with Crippen molar-refractivity contribution < 1.29 is 5.11 Å². The number of nitrogen functional groups attached to an aromatic ring is 1. The highest BCUT2D eigenvalue weighted by Crippen LogP contribution is 2.32. The lowest BCUT2D eigenvalue weighted by atomic mass is 9.88. The standard InChI is InChI=1S/C14H16N2O/c1-10-8-12(13(15)16-9-10)14(2,17)11-6-4-3-5-7-11/h3-9,17H,1-2H3,(H2,15,16). The summed E-state index contributed by atoms with van der Waals surface area (Å²) in [5.41, 5.74) is 7.15. The summed E-state index contributed by atoms with van der Waals surface area (Å²) in [6, 6.07) is 11.3. The van der Waals surface area contributed by atoms with Gasteiger partial charge in [-0.1, -0.05) is 30.3 Å². The molecule has 1 atom stereocenters. The maximum absolute atomic E-state index is 10.6. The van der Waals surface area contributed by atoms with E-state index in [2.05, 4.69) is 4.98 Å². The summed E-state index contributed by atoms with van der Waals surface area (Å²) in [4.78, 5) is 4.09. The van der Waals surface area contributed by atoms with E-state index in [1.54, 1.807) is 13.1 Å². The van der Waals surface area contributed by atoms with Gasteiger partial charge in [-0.05, 0) is 31.0 Å². The number of aliphatic hydroxyl groups is 1. The van der Waals surface area contributed by atoms with E-state index in [9.17, 15) is 5.11 Å². The van der Waals surface area contributed by atoms with Gasteiger partial charge < -0.3 is 10.8 Å². The molecule has 3 N–H and O–H groups in total. The molecule has 3 heteroatoms. The average Bonchev–Trinajstić information content (AvgIpc) is 2.33. The fourth-order valence-electron chi connectivity index (χ4n) is 1.89. The molecule has 1 aromatic carbocycles. The summed E-state index contributed by atoms with van der Waals surface area (Å²) < 4.78 is 0. The van der Waals surface area contributed by atoms with Crippen LogP contribution in [0, 0.1) is 6.92 Å². The zero-order chi connectivity index (χ0) is 12.5. The SMILES string of the molecule is Cc1cnc(N)c(C(C)(O)c2ccccc2)c1. The molecule has 0 saturated carbocycles. The highest BCUT2D eigenvalue weighted by Gasteiger charge is 2.28. The van der Waals surface area contributed by atoms with Gasteiger partial charge in [0, 0.05) is 11.8 Å². The van der Waals surface area contributed by atoms with Gasteiger partial charge in [-0.3, -0.25) is 0 Å². The summed E-state index contributed by atoms with van der Waals surface area (Å²) in [5, 5.41) is 10.6. The third-order valence-electron chi connectivity index (χ3n) is 2.92. The Hall–Kier alpha value is -1.87. The Morgan fingerprint density at radius 2 is 1.88 bits per heavy atom. The quantitative estimate of drug-likeness (QED) is 0.828. The van der Waals surface area contributed by atoms with Crippen molar-refractivity contribution in [1.82, 2.24) is 4.98 Å². The number of aromatic nitrogens is 1. The van der Waals surface area contributed by atoms with Gasteiger partial charge in [0.25, 0.3) is 0 Å². The second-order valence-electron chi connectivity index (χ2n) is 4.38. The topological polar surface area (TPSA) is 59.1 Å². The molecule has 3 nitrogen and oxygen atoms in total. The van der Waals surface area contributed by atoms with Crippen LogP contribution in [-0.2, 0) is 5.60 Å². The van der Waals surface area contributed by atoms with E-state index in [1.165, 1.54) is 0 Å². The molecular weight excluding hydrogens is 212 g/mol. The molecule has 0 bridgehead atoms. The van der Waals surface area contributed by atoms with Crippen LogP contribution in [0.15, 0.2) is 42.6 Å². The summed E-state index contributed by atoms with van der Waals surface area (Å²) in [6.07, 6.45) is 1.69. The number of pyridine rings is 1. The van der Waals surface area contributed by atoms with Crippen LogP contribution in [0.3, 0.4) is 0 Å². The first-order valence-electron chi connectivity index (χ1n) is 5.52. The van der Waals surface area contributed by atoms with Crippen molar-refractivity contribution in [2.45, 2.75) is 19.4 Å². The maximum atomic E-state index is 10.6. The zero-order valence-corrected chi connectivity index (χ0v) is 10.0. The molecule has 0 aliphatic heterocycles. The fraction of sp³-hybridized carbons (Fsp3) is 0.214. The first-order valence-corrected chi connectivity index (χ1v) is 5.52. The third kappa shape index (κ3) is 2.15. The summed E-state index contributed by atoms with van der Waals surface area (Å²) in [6.45, 7) is 3.66. The first kappa shape index (κ1) is 11.6. The monoisotopic (exact) mass is 228 g/mol. The molecule has 1 aromatic heterocycles. The van der Waals surface area contributed by atoms with Gasteiger partial charge >= 0.3 is 0 Å². The Balaban J connectivity index is 2.55. The van der Waals surface area contributed by atoms with Gasteiger partial charge in [0.05, 0.1) is 0 Å². The Morgan fingerprint density at radius 1 is 1.24 bits per heavy atom. The number of nitrogens with two attached hydrogens (primary N) is 1. The third-order valence-corrected chi connectivity index (χ3v) is 2.92. The number of benzene rings is 1. The molecule has 0 aliphatic rings. The van der Waals surface area contributed by atoms with Crippen molar-refractivity contribution in [2.24, 2.45) is 0 Å². The van der Waals surface area contributed by atoms with Crippen LogP contribution in [0.25, 0.3) is 0 Å². The predicted molar refractivity (Wildman–Crippen MR) is 68.5 cm³/mol. The van der Waals surface area contributed by atoms with Crippen LogP contribution in [0.4, 0.5) is 5.82 Å². The normalized spacial score (nSPS) is 14.3. The van der Waals surface area contributed by atoms with Crippen LogP contribution in [0.5, 0.6) is 0 Å². The van der Waals surface area contributed by atoms with Gasteiger partial charge in [0.15, 0.2) is 0 Å². The van der Waals surface area contributed by atoms with Gasteiger partial charge in [0.1, 0.15) is 11.4 Å². The van der Waals surface area contributed by atoms with Crippen LogP contribution in [-0.4, -0.2) is 10.1 Å². The van der Waals surface area contributed by atoms with Crippen molar-refractivity contribution in [1.29, 1.82) is 0 Å². The van der Waals surface area contributed by atoms with E-state index in [0.717, 1.165) is 11.1 Å². The summed E-state index contributed by atoms with van der Waals surface area (Å²) >= 11 is 0. The number of anilines is 1. The lowest BCUT2D eigenvalue weighted by Crippen LogP contribution is -2.24.